The molecule has 3 heterocycles. The minimum atomic E-state index is 0.420. The molecule has 7 heteroatoms. The third-order valence-electron chi connectivity index (χ3n) is 5.49. The summed E-state index contributed by atoms with van der Waals surface area (Å²) in [6, 6.07) is 10.8. The predicted molar refractivity (Wildman–Crippen MR) is 110 cm³/mol. The molecule has 146 valence electrons. The van der Waals surface area contributed by atoms with Crippen molar-refractivity contribution in [1.82, 2.24) is 29.5 Å². The van der Waals surface area contributed by atoms with Crippen LogP contribution in [0.3, 0.4) is 0 Å². The van der Waals surface area contributed by atoms with Gasteiger partial charge in [0, 0.05) is 51.5 Å². The normalized spacial score (nSPS) is 20.4. The second-order valence-corrected chi connectivity index (χ2v) is 7.31. The lowest BCUT2D eigenvalue weighted by atomic mass is 9.93. The van der Waals surface area contributed by atoms with Gasteiger partial charge in [0.15, 0.2) is 5.96 Å². The Morgan fingerprint density at radius 2 is 2.07 bits per heavy atom. The van der Waals surface area contributed by atoms with Crippen LogP contribution in [0, 0.1) is 5.92 Å². The summed E-state index contributed by atoms with van der Waals surface area (Å²) in [5.74, 6) is 1.58. The van der Waals surface area contributed by atoms with E-state index in [4.69, 9.17) is 0 Å². The Hall–Kier alpha value is -3.09. The Morgan fingerprint density at radius 1 is 1.21 bits per heavy atom. The van der Waals surface area contributed by atoms with Gasteiger partial charge in [-0.3, -0.25) is 4.99 Å². The number of hydrogen-bond acceptors (Lipinski definition) is 3. The SMILES string of the molecule is CN=C(NCc1ccc(-n2cccn2)cc1)N1CCC(C)C(n2ccnc2)C1. The zero-order valence-electron chi connectivity index (χ0n) is 16.4. The lowest BCUT2D eigenvalue weighted by molar-refractivity contribution is 0.189. The number of rotatable bonds is 4. The van der Waals surface area contributed by atoms with Gasteiger partial charge in [0.1, 0.15) is 0 Å². The molecule has 7 nitrogen and oxygen atoms in total. The number of likely N-dealkylation sites (tertiary alicyclic amines) is 1. The second kappa shape index (κ2) is 8.29. The van der Waals surface area contributed by atoms with E-state index in [0.29, 0.717) is 12.0 Å². The van der Waals surface area contributed by atoms with Gasteiger partial charge in [0.05, 0.1) is 18.1 Å². The van der Waals surface area contributed by atoms with Crippen LogP contribution in [-0.4, -0.2) is 50.3 Å². The number of benzene rings is 1. The van der Waals surface area contributed by atoms with E-state index in [0.717, 1.165) is 37.7 Å². The molecule has 0 saturated carbocycles. The van der Waals surface area contributed by atoms with Crippen LogP contribution in [0.15, 0.2) is 66.4 Å². The highest BCUT2D eigenvalue weighted by molar-refractivity contribution is 5.80. The van der Waals surface area contributed by atoms with Crippen molar-refractivity contribution in [2.24, 2.45) is 10.9 Å². The maximum absolute atomic E-state index is 4.52. The van der Waals surface area contributed by atoms with E-state index in [2.05, 4.69) is 67.2 Å². The van der Waals surface area contributed by atoms with Crippen molar-refractivity contribution < 1.29 is 0 Å². The molecule has 0 radical (unpaired) electrons. The summed E-state index contributed by atoms with van der Waals surface area (Å²) in [4.78, 5) is 11.1. The van der Waals surface area contributed by atoms with E-state index in [1.54, 1.807) is 6.20 Å². The molecule has 0 aliphatic carbocycles. The largest absolute Gasteiger partial charge is 0.352 e. The van der Waals surface area contributed by atoms with Gasteiger partial charge in [-0.2, -0.15) is 5.10 Å². The van der Waals surface area contributed by atoms with Gasteiger partial charge in [-0.25, -0.2) is 9.67 Å². The highest BCUT2D eigenvalue weighted by Gasteiger charge is 2.28. The van der Waals surface area contributed by atoms with Gasteiger partial charge in [0.25, 0.3) is 0 Å². The molecule has 2 aromatic heterocycles. The van der Waals surface area contributed by atoms with Crippen molar-refractivity contribution in [1.29, 1.82) is 0 Å². The van der Waals surface area contributed by atoms with E-state index < -0.39 is 0 Å². The first-order chi connectivity index (χ1) is 13.7. The molecule has 2 atom stereocenters. The van der Waals surface area contributed by atoms with Crippen molar-refractivity contribution in [3.8, 4) is 5.69 Å². The number of guanidine groups is 1. The smallest absolute Gasteiger partial charge is 0.193 e. The molecule has 28 heavy (non-hydrogen) atoms. The van der Waals surface area contributed by atoms with Crippen molar-refractivity contribution >= 4 is 5.96 Å². The minimum absolute atomic E-state index is 0.420. The molecule has 1 saturated heterocycles. The van der Waals surface area contributed by atoms with E-state index in [1.807, 2.05) is 36.5 Å². The average molecular weight is 377 g/mol. The molecule has 1 fully saturated rings. The van der Waals surface area contributed by atoms with Gasteiger partial charge in [-0.1, -0.05) is 19.1 Å². The van der Waals surface area contributed by atoms with Crippen LogP contribution >= 0.6 is 0 Å². The summed E-state index contributed by atoms with van der Waals surface area (Å²) in [6.45, 7) is 5.02. The Balaban J connectivity index is 1.38. The molecule has 1 aliphatic rings. The minimum Gasteiger partial charge on any atom is -0.352 e. The van der Waals surface area contributed by atoms with Gasteiger partial charge in [0.2, 0.25) is 0 Å². The quantitative estimate of drug-likeness (QED) is 0.561. The van der Waals surface area contributed by atoms with Crippen molar-refractivity contribution in [2.75, 3.05) is 20.1 Å². The number of imidazole rings is 1. The summed E-state index contributed by atoms with van der Waals surface area (Å²) in [7, 11) is 1.85. The summed E-state index contributed by atoms with van der Waals surface area (Å²) in [5, 5.41) is 7.79. The van der Waals surface area contributed by atoms with Crippen LogP contribution in [0.25, 0.3) is 5.69 Å². The molecule has 0 bridgehead atoms. The predicted octanol–water partition coefficient (Wildman–Crippen LogP) is 2.73. The maximum Gasteiger partial charge on any atom is 0.193 e. The topological polar surface area (TPSA) is 63.3 Å². The summed E-state index contributed by atoms with van der Waals surface area (Å²) in [5.41, 5.74) is 2.28. The number of piperidine rings is 1. The Kier molecular flexibility index (Phi) is 5.41. The first kappa shape index (κ1) is 18.3. The maximum atomic E-state index is 4.52. The molecule has 2 unspecified atom stereocenters. The lowest BCUT2D eigenvalue weighted by Crippen LogP contribution is -2.48. The monoisotopic (exact) mass is 377 g/mol. The molecule has 0 spiro atoms. The van der Waals surface area contributed by atoms with Gasteiger partial charge in [-0.05, 0) is 36.1 Å². The molecule has 3 aromatic rings. The average Bonchev–Trinajstić information content (AvgIpc) is 3.44. The number of nitrogens with one attached hydrogen (secondary N) is 1. The van der Waals surface area contributed by atoms with Gasteiger partial charge in [-0.15, -0.1) is 0 Å². The van der Waals surface area contributed by atoms with Gasteiger partial charge < -0.3 is 14.8 Å². The van der Waals surface area contributed by atoms with Crippen LogP contribution in [0.1, 0.15) is 24.9 Å². The fourth-order valence-corrected chi connectivity index (χ4v) is 3.80. The summed E-state index contributed by atoms with van der Waals surface area (Å²) < 4.78 is 4.08. The highest BCUT2D eigenvalue weighted by Crippen LogP contribution is 2.27. The lowest BCUT2D eigenvalue weighted by Gasteiger charge is -2.39. The Morgan fingerprint density at radius 3 is 2.75 bits per heavy atom. The van der Waals surface area contributed by atoms with Crippen LogP contribution in [0.5, 0.6) is 0 Å². The molecular formula is C21H27N7. The number of nitrogens with zero attached hydrogens (tertiary/aromatic N) is 6. The van der Waals surface area contributed by atoms with Crippen molar-refractivity contribution in [3.05, 3.63) is 67.0 Å². The first-order valence-electron chi connectivity index (χ1n) is 9.76. The van der Waals surface area contributed by atoms with E-state index in [1.165, 1.54) is 5.56 Å². The molecule has 1 aromatic carbocycles. The molecular weight excluding hydrogens is 350 g/mol. The van der Waals surface area contributed by atoms with Crippen LogP contribution < -0.4 is 5.32 Å². The fourth-order valence-electron chi connectivity index (χ4n) is 3.80. The third kappa shape index (κ3) is 3.93. The highest BCUT2D eigenvalue weighted by atomic mass is 15.3. The van der Waals surface area contributed by atoms with Gasteiger partial charge >= 0.3 is 0 Å². The standard InChI is InChI=1S/C21H27N7/c1-17-8-12-26(15-20(17)27-13-10-23-16-27)21(22-2)24-14-18-4-6-19(7-5-18)28-11-3-9-25-28/h3-7,9-11,13,16-17,20H,8,12,14-15H2,1-2H3,(H,22,24). The summed E-state index contributed by atoms with van der Waals surface area (Å²) >= 11 is 0. The van der Waals surface area contributed by atoms with Crippen LogP contribution in [0.4, 0.5) is 0 Å². The Bertz CT molecular complexity index is 882. The third-order valence-corrected chi connectivity index (χ3v) is 5.49. The van der Waals surface area contributed by atoms with Crippen molar-refractivity contribution in [2.45, 2.75) is 25.9 Å². The first-order valence-corrected chi connectivity index (χ1v) is 9.76. The molecule has 1 aliphatic heterocycles. The number of hydrogen-bond donors (Lipinski definition) is 1. The van der Waals surface area contributed by atoms with E-state index in [9.17, 15) is 0 Å². The molecule has 4 rings (SSSR count). The van der Waals surface area contributed by atoms with Crippen LogP contribution in [-0.2, 0) is 6.54 Å². The molecule has 1 N–H and O–H groups in total. The zero-order valence-corrected chi connectivity index (χ0v) is 16.4. The number of aromatic nitrogens is 4. The van der Waals surface area contributed by atoms with E-state index in [-0.39, 0.29) is 0 Å². The van der Waals surface area contributed by atoms with Crippen molar-refractivity contribution in [3.63, 3.8) is 0 Å². The Labute approximate surface area is 165 Å². The fraction of sp³-hybridized carbons (Fsp3) is 0.381. The summed E-state index contributed by atoms with van der Waals surface area (Å²) in [6.07, 6.45) is 10.7. The van der Waals surface area contributed by atoms with E-state index >= 15 is 0 Å². The second-order valence-electron chi connectivity index (χ2n) is 7.31. The van der Waals surface area contributed by atoms with Crippen LogP contribution in [0.2, 0.25) is 0 Å². The zero-order chi connectivity index (χ0) is 19.3. The molecule has 0 amide bonds. The number of aliphatic imine (C=N–C) groups is 1.